The van der Waals surface area contributed by atoms with Crippen LogP contribution in [0.25, 0.3) is 11.3 Å². The smallest absolute Gasteiger partial charge is 0.149 e. The zero-order valence-electron chi connectivity index (χ0n) is 11.2. The van der Waals surface area contributed by atoms with Gasteiger partial charge in [0, 0.05) is 10.9 Å². The molecule has 0 saturated heterocycles. The molecule has 0 aliphatic heterocycles. The van der Waals surface area contributed by atoms with Crippen LogP contribution in [0.5, 0.6) is 5.75 Å². The first-order valence-corrected chi connectivity index (χ1v) is 8.02. The van der Waals surface area contributed by atoms with Crippen LogP contribution in [0, 0.1) is 0 Å². The first-order valence-electron chi connectivity index (χ1n) is 6.61. The van der Waals surface area contributed by atoms with Gasteiger partial charge in [-0.1, -0.05) is 48.5 Å². The fraction of sp³-hybridized carbons (Fsp3) is 0. The molecule has 0 bridgehead atoms. The minimum Gasteiger partial charge on any atom is -0.507 e. The lowest BCUT2D eigenvalue weighted by atomic mass is 10.1. The van der Waals surface area contributed by atoms with Crippen molar-refractivity contribution in [1.29, 1.82) is 0 Å². The third kappa shape index (κ3) is 2.88. The average molecular weight is 295 g/mol. The van der Waals surface area contributed by atoms with Crippen LogP contribution in [0.3, 0.4) is 0 Å². The van der Waals surface area contributed by atoms with Gasteiger partial charge in [-0.2, -0.15) is 0 Å². The highest BCUT2D eigenvalue weighted by molar-refractivity contribution is 7.61. The Bertz CT molecular complexity index is 788. The molecule has 1 N–H and O–H groups in total. The molecule has 3 rings (SSSR count). The number of para-hydroxylation sites is 1. The first kappa shape index (κ1) is 13.6. The van der Waals surface area contributed by atoms with Gasteiger partial charge in [0.2, 0.25) is 0 Å². The number of aromatic nitrogens is 1. The van der Waals surface area contributed by atoms with E-state index in [0.717, 1.165) is 5.30 Å². The summed E-state index contributed by atoms with van der Waals surface area (Å²) in [5.41, 5.74) is 1.81. The average Bonchev–Trinajstić information content (AvgIpc) is 2.55. The molecule has 0 amide bonds. The normalized spacial score (nSPS) is 12.0. The Kier molecular flexibility index (Phi) is 3.85. The van der Waals surface area contributed by atoms with Crippen LogP contribution < -0.4 is 10.7 Å². The summed E-state index contributed by atoms with van der Waals surface area (Å²) in [6, 6.07) is 21.7. The molecule has 1 heterocycles. The largest absolute Gasteiger partial charge is 0.507 e. The number of rotatable bonds is 3. The first-order chi connectivity index (χ1) is 10.3. The molecular weight excluding hydrogens is 281 g/mol. The molecule has 0 fully saturated rings. The van der Waals surface area contributed by atoms with Crippen LogP contribution in [0.4, 0.5) is 0 Å². The van der Waals surface area contributed by atoms with Crippen molar-refractivity contribution in [1.82, 2.24) is 4.98 Å². The summed E-state index contributed by atoms with van der Waals surface area (Å²) < 4.78 is 12.6. The number of benzene rings is 2. The summed E-state index contributed by atoms with van der Waals surface area (Å²) in [4.78, 5) is 4.45. The predicted molar refractivity (Wildman–Crippen MR) is 86.0 cm³/mol. The fourth-order valence-electron chi connectivity index (χ4n) is 2.14. The lowest BCUT2D eigenvalue weighted by Crippen LogP contribution is -2.10. The summed E-state index contributed by atoms with van der Waals surface area (Å²) in [7, 11) is -2.13. The van der Waals surface area contributed by atoms with Gasteiger partial charge in [0.1, 0.15) is 19.0 Å². The molecule has 4 heteroatoms. The molecular formula is C17H14NO2P. The van der Waals surface area contributed by atoms with Crippen molar-refractivity contribution in [2.45, 2.75) is 0 Å². The molecule has 0 spiro atoms. The molecule has 3 aromatic rings. The van der Waals surface area contributed by atoms with E-state index in [1.54, 1.807) is 30.3 Å². The quantitative estimate of drug-likeness (QED) is 0.756. The van der Waals surface area contributed by atoms with E-state index < -0.39 is 7.80 Å². The zero-order valence-corrected chi connectivity index (χ0v) is 12.2. The number of pyridine rings is 1. The van der Waals surface area contributed by atoms with E-state index in [4.69, 9.17) is 0 Å². The van der Waals surface area contributed by atoms with E-state index in [1.165, 1.54) is 0 Å². The fourth-order valence-corrected chi connectivity index (χ4v) is 3.40. The summed E-state index contributed by atoms with van der Waals surface area (Å²) in [5.74, 6) is 0.168. The van der Waals surface area contributed by atoms with E-state index in [0.29, 0.717) is 16.7 Å². The summed E-state index contributed by atoms with van der Waals surface area (Å²) in [6.07, 6.45) is 0. The van der Waals surface area contributed by atoms with E-state index >= 15 is 0 Å². The van der Waals surface area contributed by atoms with Gasteiger partial charge in [-0.05, 0) is 24.3 Å². The molecule has 104 valence electrons. The molecule has 2 aromatic carbocycles. The van der Waals surface area contributed by atoms with Gasteiger partial charge in [-0.15, -0.1) is 0 Å². The van der Waals surface area contributed by atoms with Crippen LogP contribution in [-0.4, -0.2) is 10.1 Å². The van der Waals surface area contributed by atoms with Crippen molar-refractivity contribution < 1.29 is 9.67 Å². The van der Waals surface area contributed by atoms with Crippen molar-refractivity contribution in [3.63, 3.8) is 0 Å². The summed E-state index contributed by atoms with van der Waals surface area (Å²) in [5, 5.41) is 10.7. The lowest BCUT2D eigenvalue weighted by Gasteiger charge is -2.06. The van der Waals surface area contributed by atoms with Gasteiger partial charge in [0.25, 0.3) is 0 Å². The number of hydrogen-bond donors (Lipinski definition) is 1. The van der Waals surface area contributed by atoms with E-state index in [2.05, 4.69) is 4.98 Å². The van der Waals surface area contributed by atoms with Gasteiger partial charge < -0.3 is 9.67 Å². The monoisotopic (exact) mass is 295 g/mol. The molecule has 21 heavy (non-hydrogen) atoms. The van der Waals surface area contributed by atoms with Crippen molar-refractivity contribution in [2.24, 2.45) is 0 Å². The van der Waals surface area contributed by atoms with Gasteiger partial charge in [-0.3, -0.25) is 0 Å². The van der Waals surface area contributed by atoms with E-state index in [1.807, 2.05) is 42.5 Å². The highest BCUT2D eigenvalue weighted by Gasteiger charge is 2.10. The molecule has 3 nitrogen and oxygen atoms in total. The van der Waals surface area contributed by atoms with Crippen LogP contribution in [-0.2, 0) is 4.57 Å². The van der Waals surface area contributed by atoms with Crippen molar-refractivity contribution >= 4 is 18.5 Å². The van der Waals surface area contributed by atoms with Gasteiger partial charge in [-0.25, -0.2) is 4.98 Å². The van der Waals surface area contributed by atoms with E-state index in [-0.39, 0.29) is 5.75 Å². The molecule has 1 aromatic heterocycles. The predicted octanol–water partition coefficient (Wildman–Crippen LogP) is 2.96. The maximum Gasteiger partial charge on any atom is 0.149 e. The summed E-state index contributed by atoms with van der Waals surface area (Å²) in [6.45, 7) is 0. The number of hydrogen-bond acceptors (Lipinski definition) is 3. The van der Waals surface area contributed by atoms with E-state index in [9.17, 15) is 9.67 Å². The Morgan fingerprint density at radius 2 is 1.52 bits per heavy atom. The van der Waals surface area contributed by atoms with Crippen LogP contribution in [0.15, 0.2) is 72.8 Å². The lowest BCUT2D eigenvalue weighted by molar-refractivity contribution is 0.477. The highest BCUT2D eigenvalue weighted by atomic mass is 31.1. The Morgan fingerprint density at radius 3 is 2.29 bits per heavy atom. The second kappa shape index (κ2) is 5.94. The minimum absolute atomic E-state index is 0.168. The number of phenolic OH excluding ortho intramolecular Hbond substituents is 1. The number of nitrogens with zero attached hydrogens (tertiary/aromatic N) is 1. The highest BCUT2D eigenvalue weighted by Crippen LogP contribution is 2.27. The third-order valence-corrected chi connectivity index (χ3v) is 4.80. The molecule has 1 unspecified atom stereocenters. The Balaban J connectivity index is 2.02. The Morgan fingerprint density at radius 1 is 0.810 bits per heavy atom. The maximum atomic E-state index is 12.6. The second-order valence-corrected chi connectivity index (χ2v) is 6.37. The van der Waals surface area contributed by atoms with Crippen molar-refractivity contribution in [3.05, 3.63) is 72.8 Å². The standard InChI is InChI=1S/C17H14NO2P/c19-16-11-5-4-9-14(16)15-10-6-12-17(18-15)21(20)13-7-2-1-3-8-13/h1-12,19,21H. The third-order valence-electron chi connectivity index (χ3n) is 3.20. The zero-order chi connectivity index (χ0) is 14.7. The molecule has 0 aliphatic rings. The molecule has 0 radical (unpaired) electrons. The topological polar surface area (TPSA) is 50.2 Å². The Labute approximate surface area is 123 Å². The molecule has 0 aliphatic carbocycles. The van der Waals surface area contributed by atoms with Gasteiger partial charge in [0.15, 0.2) is 0 Å². The van der Waals surface area contributed by atoms with Gasteiger partial charge in [0.05, 0.1) is 5.69 Å². The van der Waals surface area contributed by atoms with Crippen molar-refractivity contribution in [2.75, 3.05) is 0 Å². The number of aromatic hydroxyl groups is 1. The van der Waals surface area contributed by atoms with Crippen LogP contribution >= 0.6 is 7.80 Å². The van der Waals surface area contributed by atoms with Crippen LogP contribution in [0.1, 0.15) is 0 Å². The molecule has 1 atom stereocenters. The van der Waals surface area contributed by atoms with Crippen molar-refractivity contribution in [3.8, 4) is 17.0 Å². The number of phenols is 1. The second-order valence-electron chi connectivity index (χ2n) is 4.62. The SMILES string of the molecule is O=[PH](c1ccccc1)c1cccc(-c2ccccc2O)n1. The minimum atomic E-state index is -2.13. The summed E-state index contributed by atoms with van der Waals surface area (Å²) >= 11 is 0. The van der Waals surface area contributed by atoms with Gasteiger partial charge >= 0.3 is 0 Å². The Hall–Kier alpha value is -2.38. The van der Waals surface area contributed by atoms with Crippen LogP contribution in [0.2, 0.25) is 0 Å². The maximum absolute atomic E-state index is 12.6. The molecule has 0 saturated carbocycles.